The van der Waals surface area contributed by atoms with E-state index in [0.29, 0.717) is 25.3 Å². The number of carbonyl (C=O) groups excluding carboxylic acids is 1. The Morgan fingerprint density at radius 3 is 2.78 bits per heavy atom. The van der Waals surface area contributed by atoms with E-state index in [2.05, 4.69) is 5.10 Å². The summed E-state index contributed by atoms with van der Waals surface area (Å²) in [7, 11) is 1.53. The highest BCUT2D eigenvalue weighted by atomic mass is 19.1. The van der Waals surface area contributed by atoms with Crippen molar-refractivity contribution < 1.29 is 13.9 Å². The van der Waals surface area contributed by atoms with Crippen LogP contribution in [0.2, 0.25) is 0 Å². The van der Waals surface area contributed by atoms with E-state index in [1.165, 1.54) is 27.3 Å². The van der Waals surface area contributed by atoms with E-state index >= 15 is 0 Å². The zero-order valence-corrected chi connectivity index (χ0v) is 12.7. The zero-order chi connectivity index (χ0) is 16.4. The van der Waals surface area contributed by atoms with Gasteiger partial charge in [0.05, 0.1) is 13.2 Å². The van der Waals surface area contributed by atoms with E-state index in [9.17, 15) is 14.0 Å². The van der Waals surface area contributed by atoms with Gasteiger partial charge in [0.1, 0.15) is 5.82 Å². The van der Waals surface area contributed by atoms with Crippen LogP contribution in [-0.4, -0.2) is 45.4 Å². The van der Waals surface area contributed by atoms with E-state index in [-0.39, 0.29) is 36.3 Å². The maximum Gasteiger partial charge on any atom is 0.346 e. The third-order valence-corrected chi connectivity index (χ3v) is 3.82. The molecule has 0 atom stereocenters. The molecule has 7 nitrogen and oxygen atoms in total. The number of rotatable bonds is 5. The highest BCUT2D eigenvalue weighted by molar-refractivity contribution is 5.91. The van der Waals surface area contributed by atoms with Crippen LogP contribution in [0.15, 0.2) is 29.1 Å². The van der Waals surface area contributed by atoms with Gasteiger partial charge in [0, 0.05) is 32.3 Å². The number of aromatic nitrogens is 3. The third kappa shape index (κ3) is 2.89. The Bertz CT molecular complexity index is 783. The molecular formula is C15H17FN4O3. The molecule has 2 aromatic rings. The SMILES string of the molecule is COCCn1nc2n(c1=O)CCN(Cc1ccccc1F)C2=O. The normalized spacial score (nSPS) is 14.2. The smallest absolute Gasteiger partial charge is 0.346 e. The van der Waals surface area contributed by atoms with Gasteiger partial charge in [-0.2, -0.15) is 0 Å². The van der Waals surface area contributed by atoms with Crippen molar-refractivity contribution >= 4 is 5.91 Å². The lowest BCUT2D eigenvalue weighted by Gasteiger charge is -2.26. The van der Waals surface area contributed by atoms with Crippen molar-refractivity contribution in [2.75, 3.05) is 20.3 Å². The largest absolute Gasteiger partial charge is 0.383 e. The van der Waals surface area contributed by atoms with Crippen LogP contribution in [0.5, 0.6) is 0 Å². The quantitative estimate of drug-likeness (QED) is 0.804. The summed E-state index contributed by atoms with van der Waals surface area (Å²) in [4.78, 5) is 26.2. The first-order valence-electron chi connectivity index (χ1n) is 7.31. The first kappa shape index (κ1) is 15.4. The summed E-state index contributed by atoms with van der Waals surface area (Å²) in [5.41, 5.74) is 0.117. The number of carbonyl (C=O) groups is 1. The van der Waals surface area contributed by atoms with E-state index in [4.69, 9.17) is 4.74 Å². The first-order valence-corrected chi connectivity index (χ1v) is 7.31. The van der Waals surface area contributed by atoms with E-state index in [1.807, 2.05) is 0 Å². The predicted molar refractivity (Wildman–Crippen MR) is 79.5 cm³/mol. The number of hydrogen-bond acceptors (Lipinski definition) is 4. The van der Waals surface area contributed by atoms with Crippen LogP contribution in [0, 0.1) is 5.82 Å². The number of hydrogen-bond donors (Lipinski definition) is 0. The van der Waals surface area contributed by atoms with Crippen molar-refractivity contribution in [3.8, 4) is 0 Å². The lowest BCUT2D eigenvalue weighted by molar-refractivity contribution is 0.0679. The van der Waals surface area contributed by atoms with Crippen molar-refractivity contribution in [2.45, 2.75) is 19.6 Å². The van der Waals surface area contributed by atoms with Crippen molar-refractivity contribution in [2.24, 2.45) is 0 Å². The molecular weight excluding hydrogens is 303 g/mol. The van der Waals surface area contributed by atoms with Gasteiger partial charge in [-0.1, -0.05) is 18.2 Å². The Balaban J connectivity index is 1.83. The van der Waals surface area contributed by atoms with Gasteiger partial charge >= 0.3 is 5.69 Å². The minimum atomic E-state index is -0.368. The summed E-state index contributed by atoms with van der Waals surface area (Å²) < 4.78 is 21.3. The lowest BCUT2D eigenvalue weighted by Crippen LogP contribution is -2.42. The maximum absolute atomic E-state index is 13.7. The molecule has 0 radical (unpaired) electrons. The molecule has 1 aliphatic rings. The van der Waals surface area contributed by atoms with Crippen LogP contribution >= 0.6 is 0 Å². The monoisotopic (exact) mass is 320 g/mol. The second-order valence-corrected chi connectivity index (χ2v) is 5.29. The molecule has 0 spiro atoms. The Hall–Kier alpha value is -2.48. The molecule has 0 N–H and O–H groups in total. The fraction of sp³-hybridized carbons (Fsp3) is 0.400. The molecule has 0 saturated heterocycles. The van der Waals surface area contributed by atoms with Crippen LogP contribution in [0.25, 0.3) is 0 Å². The van der Waals surface area contributed by atoms with Crippen molar-refractivity contribution in [1.82, 2.24) is 19.2 Å². The molecule has 8 heteroatoms. The van der Waals surface area contributed by atoms with Gasteiger partial charge < -0.3 is 9.64 Å². The maximum atomic E-state index is 13.7. The molecule has 0 unspecified atom stereocenters. The Kier molecular flexibility index (Phi) is 4.24. The third-order valence-electron chi connectivity index (χ3n) is 3.82. The molecule has 1 amide bonds. The number of methoxy groups -OCH3 is 1. The van der Waals surface area contributed by atoms with E-state index in [0.717, 1.165) is 0 Å². The fourth-order valence-electron chi connectivity index (χ4n) is 2.57. The first-order chi connectivity index (χ1) is 11.1. The summed E-state index contributed by atoms with van der Waals surface area (Å²) in [5, 5.41) is 4.09. The lowest BCUT2D eigenvalue weighted by atomic mass is 10.2. The van der Waals surface area contributed by atoms with Gasteiger partial charge in [-0.05, 0) is 6.07 Å². The average molecular weight is 320 g/mol. The molecule has 1 aromatic heterocycles. The van der Waals surface area contributed by atoms with Gasteiger partial charge in [0.15, 0.2) is 0 Å². The van der Waals surface area contributed by atoms with Crippen molar-refractivity contribution in [1.29, 1.82) is 0 Å². The molecule has 0 aliphatic carbocycles. The van der Waals surface area contributed by atoms with E-state index in [1.54, 1.807) is 18.2 Å². The number of fused-ring (bicyclic) bond motifs is 1. The molecule has 23 heavy (non-hydrogen) atoms. The Labute approximate surface area is 131 Å². The van der Waals surface area contributed by atoms with E-state index < -0.39 is 0 Å². The number of benzene rings is 1. The molecule has 3 rings (SSSR count). The van der Waals surface area contributed by atoms with Crippen LogP contribution in [-0.2, 0) is 24.4 Å². The summed E-state index contributed by atoms with van der Waals surface area (Å²) in [6.07, 6.45) is 0. The van der Waals surface area contributed by atoms with Crippen LogP contribution in [0.4, 0.5) is 4.39 Å². The molecule has 0 saturated carbocycles. The fourth-order valence-corrected chi connectivity index (χ4v) is 2.57. The molecule has 0 bridgehead atoms. The standard InChI is InChI=1S/C15H17FN4O3/c1-23-9-8-20-15(22)19-7-6-18(14(21)13(19)17-20)10-11-4-2-3-5-12(11)16/h2-5H,6-10H2,1H3. The van der Waals surface area contributed by atoms with Crippen LogP contribution in [0.1, 0.15) is 16.2 Å². The molecule has 1 aliphatic heterocycles. The van der Waals surface area contributed by atoms with Crippen LogP contribution < -0.4 is 5.69 Å². The minimum absolute atomic E-state index is 0.0914. The molecule has 0 fully saturated rings. The highest BCUT2D eigenvalue weighted by Crippen LogP contribution is 2.15. The van der Waals surface area contributed by atoms with Gasteiger partial charge in [-0.25, -0.2) is 13.9 Å². The molecule has 122 valence electrons. The topological polar surface area (TPSA) is 69.4 Å². The zero-order valence-electron chi connectivity index (χ0n) is 12.7. The summed E-state index contributed by atoms with van der Waals surface area (Å²) in [5.74, 6) is -0.629. The minimum Gasteiger partial charge on any atom is -0.383 e. The number of halogens is 1. The van der Waals surface area contributed by atoms with Gasteiger partial charge in [-0.3, -0.25) is 9.36 Å². The summed E-state index contributed by atoms with van der Waals surface area (Å²) in [6.45, 7) is 1.47. The number of ether oxygens (including phenoxy) is 1. The second-order valence-electron chi connectivity index (χ2n) is 5.29. The second kappa shape index (κ2) is 6.33. The van der Waals surface area contributed by atoms with Gasteiger partial charge in [0.2, 0.25) is 5.82 Å². The molecule has 1 aromatic carbocycles. The summed E-state index contributed by atoms with van der Waals surface area (Å²) in [6, 6.07) is 6.33. The van der Waals surface area contributed by atoms with Crippen molar-refractivity contribution in [3.05, 3.63) is 52.0 Å². The number of amides is 1. The van der Waals surface area contributed by atoms with Crippen LogP contribution in [0.3, 0.4) is 0 Å². The van der Waals surface area contributed by atoms with Gasteiger partial charge in [0.25, 0.3) is 5.91 Å². The number of nitrogens with zero attached hydrogens (tertiary/aromatic N) is 4. The Morgan fingerprint density at radius 2 is 2.04 bits per heavy atom. The average Bonchev–Trinajstić information content (AvgIpc) is 2.87. The Morgan fingerprint density at radius 1 is 1.26 bits per heavy atom. The van der Waals surface area contributed by atoms with Gasteiger partial charge in [-0.15, -0.1) is 5.10 Å². The highest BCUT2D eigenvalue weighted by Gasteiger charge is 2.29. The predicted octanol–water partition coefficient (Wildman–Crippen LogP) is 0.486. The van der Waals surface area contributed by atoms with Crippen molar-refractivity contribution in [3.63, 3.8) is 0 Å². The summed E-state index contributed by atoms with van der Waals surface area (Å²) >= 11 is 0. The molecule has 2 heterocycles.